The summed E-state index contributed by atoms with van der Waals surface area (Å²) in [4.78, 5) is 65.7. The molecule has 1 amide bonds. The summed E-state index contributed by atoms with van der Waals surface area (Å²) >= 11 is 0. The van der Waals surface area contributed by atoms with E-state index < -0.39 is 48.0 Å². The molecule has 4 N–H and O–H groups in total. The Morgan fingerprint density at radius 3 is 1.51 bits per heavy atom. The van der Waals surface area contributed by atoms with Crippen molar-refractivity contribution in [2.75, 3.05) is 78.5 Å². The molecule has 0 aromatic heterocycles. The number of nitrogens with zero attached hydrogens (tertiary/aromatic N) is 4. The van der Waals surface area contributed by atoms with Crippen LogP contribution in [0.2, 0.25) is 0 Å². The molecule has 0 spiro atoms. The predicted molar refractivity (Wildman–Crippen MR) is 132 cm³/mol. The van der Waals surface area contributed by atoms with Crippen LogP contribution in [-0.4, -0.2) is 155 Å². The molecule has 0 aromatic carbocycles. The van der Waals surface area contributed by atoms with E-state index in [4.69, 9.17) is 9.84 Å². The van der Waals surface area contributed by atoms with Gasteiger partial charge in [0.1, 0.15) is 12.1 Å². The van der Waals surface area contributed by atoms with Crippen LogP contribution in [0, 0.1) is 0 Å². The number of carboxylic acids is 3. The van der Waals surface area contributed by atoms with Crippen molar-refractivity contribution < 1.29 is 44.0 Å². The Balaban J connectivity index is 3.11. The van der Waals surface area contributed by atoms with E-state index in [0.29, 0.717) is 45.8 Å². The minimum absolute atomic E-state index is 0.0310. The van der Waals surface area contributed by atoms with Crippen LogP contribution in [0.1, 0.15) is 27.7 Å². The van der Waals surface area contributed by atoms with Crippen molar-refractivity contribution in [1.29, 1.82) is 0 Å². The fraction of sp³-hybridized carbons (Fsp3) is 0.783. The molecule has 1 atom stereocenters. The SMILES string of the molecule is CC(C(=O)NCC(=O)O)N1CCN(CC(=O)O)CCN(CC(=O)O)CCN(CC(=O)OC(C)(C)C)CC1. The average Bonchev–Trinajstić information content (AvgIpc) is 2.75. The van der Waals surface area contributed by atoms with Crippen LogP contribution in [-0.2, 0) is 28.7 Å². The number of esters is 1. The van der Waals surface area contributed by atoms with Crippen molar-refractivity contribution in [3.05, 3.63) is 0 Å². The van der Waals surface area contributed by atoms with Crippen molar-refractivity contribution in [3.8, 4) is 0 Å². The van der Waals surface area contributed by atoms with E-state index in [0.717, 1.165) is 0 Å². The van der Waals surface area contributed by atoms with Gasteiger partial charge in [0.25, 0.3) is 0 Å². The number of hydrogen-bond acceptors (Lipinski definition) is 10. The van der Waals surface area contributed by atoms with E-state index in [-0.39, 0.29) is 26.2 Å². The van der Waals surface area contributed by atoms with E-state index in [2.05, 4.69) is 5.32 Å². The molecule has 0 saturated carbocycles. The molecule has 0 bridgehead atoms. The molecule has 14 nitrogen and oxygen atoms in total. The molecule has 14 heteroatoms. The molecular weight excluding hydrogens is 490 g/mol. The first-order chi connectivity index (χ1) is 17.2. The van der Waals surface area contributed by atoms with E-state index in [1.807, 2.05) is 9.80 Å². The van der Waals surface area contributed by atoms with E-state index in [1.165, 1.54) is 0 Å². The van der Waals surface area contributed by atoms with Gasteiger partial charge in [-0.15, -0.1) is 0 Å². The second kappa shape index (κ2) is 15.4. The van der Waals surface area contributed by atoms with Gasteiger partial charge in [-0.25, -0.2) is 0 Å². The number of carbonyl (C=O) groups excluding carboxylic acids is 2. The van der Waals surface area contributed by atoms with Crippen LogP contribution in [0.4, 0.5) is 0 Å². The molecule has 1 rings (SSSR count). The monoisotopic (exact) mass is 531 g/mol. The molecule has 0 aromatic rings. The number of hydrogen-bond donors (Lipinski definition) is 4. The van der Waals surface area contributed by atoms with E-state index in [1.54, 1.807) is 37.5 Å². The quantitative estimate of drug-likeness (QED) is 0.235. The van der Waals surface area contributed by atoms with Crippen LogP contribution in [0.3, 0.4) is 0 Å². The van der Waals surface area contributed by atoms with Crippen molar-refractivity contribution >= 4 is 29.8 Å². The zero-order valence-electron chi connectivity index (χ0n) is 22.1. The van der Waals surface area contributed by atoms with Gasteiger partial charge < -0.3 is 25.4 Å². The molecule has 1 unspecified atom stereocenters. The number of carbonyl (C=O) groups is 5. The highest BCUT2D eigenvalue weighted by molar-refractivity contribution is 5.84. The van der Waals surface area contributed by atoms with E-state index in [9.17, 15) is 34.2 Å². The number of nitrogens with one attached hydrogen (secondary N) is 1. The van der Waals surface area contributed by atoms with E-state index >= 15 is 0 Å². The van der Waals surface area contributed by atoms with Gasteiger partial charge in [0.15, 0.2) is 0 Å². The Labute approximate surface area is 217 Å². The van der Waals surface area contributed by atoms with Gasteiger partial charge in [-0.1, -0.05) is 0 Å². The highest BCUT2D eigenvalue weighted by atomic mass is 16.6. The molecule has 1 aliphatic heterocycles. The summed E-state index contributed by atoms with van der Waals surface area (Å²) in [6.45, 7) is 8.41. The summed E-state index contributed by atoms with van der Waals surface area (Å²) in [5.41, 5.74) is -0.671. The molecule has 0 radical (unpaired) electrons. The highest BCUT2D eigenvalue weighted by Crippen LogP contribution is 2.09. The van der Waals surface area contributed by atoms with Crippen LogP contribution >= 0.6 is 0 Å². The maximum Gasteiger partial charge on any atom is 0.322 e. The van der Waals surface area contributed by atoms with Crippen molar-refractivity contribution in [3.63, 3.8) is 0 Å². The lowest BCUT2D eigenvalue weighted by Gasteiger charge is -2.35. The summed E-state index contributed by atoms with van der Waals surface area (Å²) in [5, 5.41) is 29.9. The lowest BCUT2D eigenvalue weighted by molar-refractivity contribution is -0.156. The molecule has 212 valence electrons. The first-order valence-electron chi connectivity index (χ1n) is 12.2. The lowest BCUT2D eigenvalue weighted by Crippen LogP contribution is -2.53. The van der Waals surface area contributed by atoms with Crippen molar-refractivity contribution in [2.24, 2.45) is 0 Å². The smallest absolute Gasteiger partial charge is 0.322 e. The molecular formula is C23H41N5O9. The summed E-state index contributed by atoms with van der Waals surface area (Å²) in [5.74, 6) is -4.13. The molecule has 1 fully saturated rings. The first-order valence-corrected chi connectivity index (χ1v) is 12.2. The van der Waals surface area contributed by atoms with Gasteiger partial charge in [-0.05, 0) is 27.7 Å². The minimum Gasteiger partial charge on any atom is -0.480 e. The number of rotatable bonds is 10. The van der Waals surface area contributed by atoms with Gasteiger partial charge in [0, 0.05) is 52.4 Å². The zero-order valence-corrected chi connectivity index (χ0v) is 22.1. The van der Waals surface area contributed by atoms with Gasteiger partial charge >= 0.3 is 23.9 Å². The molecule has 0 aliphatic carbocycles. The summed E-state index contributed by atoms with van der Waals surface area (Å²) < 4.78 is 5.44. The third-order valence-electron chi connectivity index (χ3n) is 5.70. The second-order valence-corrected chi connectivity index (χ2v) is 10.0. The third kappa shape index (κ3) is 14.5. The third-order valence-corrected chi connectivity index (χ3v) is 5.70. The minimum atomic E-state index is -1.17. The Bertz CT molecular complexity index is 802. The summed E-state index contributed by atoms with van der Waals surface area (Å²) in [6.07, 6.45) is 0. The maximum absolute atomic E-state index is 12.6. The number of aliphatic carboxylic acids is 3. The van der Waals surface area contributed by atoms with Gasteiger partial charge in [0.2, 0.25) is 5.91 Å². The lowest BCUT2D eigenvalue weighted by atomic mass is 10.2. The molecule has 1 aliphatic rings. The van der Waals surface area contributed by atoms with Gasteiger partial charge in [0.05, 0.1) is 25.7 Å². The van der Waals surface area contributed by atoms with Crippen molar-refractivity contribution in [1.82, 2.24) is 24.9 Å². The van der Waals surface area contributed by atoms with Crippen LogP contribution < -0.4 is 5.32 Å². The average molecular weight is 532 g/mol. The summed E-state index contributed by atoms with van der Waals surface area (Å²) in [6, 6.07) is -0.708. The number of amides is 1. The normalized spacial score (nSPS) is 18.7. The molecule has 37 heavy (non-hydrogen) atoms. The van der Waals surface area contributed by atoms with Crippen LogP contribution in [0.15, 0.2) is 0 Å². The van der Waals surface area contributed by atoms with Crippen LogP contribution in [0.5, 0.6) is 0 Å². The zero-order chi connectivity index (χ0) is 28.2. The Hall–Kier alpha value is -2.81. The Morgan fingerprint density at radius 1 is 0.730 bits per heavy atom. The highest BCUT2D eigenvalue weighted by Gasteiger charge is 2.26. The standard InChI is InChI=1S/C23H41N5O9/c1-17(22(36)24-13-18(29)30)28-11-9-26(15-20(33)34)6-5-25(14-19(31)32)7-8-27(10-12-28)16-21(35)37-23(2,3)4/h17H,5-16H2,1-4H3,(H,24,36)(H,29,30)(H,31,32)(H,33,34). The number of ether oxygens (including phenoxy) is 1. The first kappa shape index (κ1) is 32.2. The Morgan fingerprint density at radius 2 is 1.14 bits per heavy atom. The summed E-state index contributed by atoms with van der Waals surface area (Å²) in [7, 11) is 0. The number of carboxylic acid groups (broad SMARTS) is 3. The fourth-order valence-corrected chi connectivity index (χ4v) is 3.83. The van der Waals surface area contributed by atoms with Gasteiger partial charge in [-0.3, -0.25) is 43.6 Å². The Kier molecular flexibility index (Phi) is 13.4. The largest absolute Gasteiger partial charge is 0.480 e. The van der Waals surface area contributed by atoms with Gasteiger partial charge in [-0.2, -0.15) is 0 Å². The maximum atomic E-state index is 12.6. The van der Waals surface area contributed by atoms with Crippen LogP contribution in [0.25, 0.3) is 0 Å². The molecule has 1 saturated heterocycles. The fourth-order valence-electron chi connectivity index (χ4n) is 3.83. The topological polar surface area (TPSA) is 180 Å². The molecule has 1 heterocycles. The van der Waals surface area contributed by atoms with Crippen molar-refractivity contribution in [2.45, 2.75) is 39.3 Å². The second-order valence-electron chi connectivity index (χ2n) is 10.0. The predicted octanol–water partition coefficient (Wildman–Crippen LogP) is -1.69.